The van der Waals surface area contributed by atoms with Gasteiger partial charge in [0.25, 0.3) is 5.69 Å². The van der Waals surface area contributed by atoms with Crippen molar-refractivity contribution in [3.8, 4) is 0 Å². The van der Waals surface area contributed by atoms with Gasteiger partial charge in [-0.1, -0.05) is 28.1 Å². The first kappa shape index (κ1) is 15.6. The number of hydrogen-bond donors (Lipinski definition) is 1. The van der Waals surface area contributed by atoms with Crippen LogP contribution in [0.5, 0.6) is 0 Å². The lowest BCUT2D eigenvalue weighted by atomic mass is 10.1. The van der Waals surface area contributed by atoms with E-state index in [1.807, 2.05) is 6.92 Å². The summed E-state index contributed by atoms with van der Waals surface area (Å²) >= 11 is 3.31. The van der Waals surface area contributed by atoms with Gasteiger partial charge in [-0.05, 0) is 25.3 Å². The SMILES string of the molecule is CC(NC(=O)CCCCBr)c1cccc([N+](=O)[O-])c1. The smallest absolute Gasteiger partial charge is 0.269 e. The van der Waals surface area contributed by atoms with Crippen LogP contribution in [0.25, 0.3) is 0 Å². The highest BCUT2D eigenvalue weighted by Gasteiger charge is 2.12. The molecule has 1 atom stereocenters. The minimum atomic E-state index is -0.436. The number of alkyl halides is 1. The van der Waals surface area contributed by atoms with Crippen molar-refractivity contribution in [1.82, 2.24) is 5.32 Å². The van der Waals surface area contributed by atoms with Crippen molar-refractivity contribution in [2.45, 2.75) is 32.2 Å². The van der Waals surface area contributed by atoms with Crippen molar-refractivity contribution in [2.75, 3.05) is 5.33 Å². The summed E-state index contributed by atoms with van der Waals surface area (Å²) in [6, 6.07) is 6.10. The Hall–Kier alpha value is -1.43. The number of rotatable bonds is 7. The van der Waals surface area contributed by atoms with Crippen molar-refractivity contribution in [3.63, 3.8) is 0 Å². The Balaban J connectivity index is 2.57. The zero-order valence-corrected chi connectivity index (χ0v) is 12.4. The van der Waals surface area contributed by atoms with Gasteiger partial charge in [0.15, 0.2) is 0 Å². The molecule has 0 radical (unpaired) electrons. The molecule has 0 aliphatic heterocycles. The number of nitro groups is 1. The number of nitrogens with one attached hydrogen (secondary N) is 1. The lowest BCUT2D eigenvalue weighted by Gasteiger charge is -2.14. The van der Waals surface area contributed by atoms with E-state index in [0.29, 0.717) is 6.42 Å². The van der Waals surface area contributed by atoms with E-state index < -0.39 is 4.92 Å². The summed E-state index contributed by atoms with van der Waals surface area (Å²) in [6.07, 6.45) is 2.27. The second kappa shape index (κ2) is 7.89. The Labute approximate surface area is 120 Å². The molecule has 1 rings (SSSR count). The Bertz CT molecular complexity index is 451. The molecule has 19 heavy (non-hydrogen) atoms. The summed E-state index contributed by atoms with van der Waals surface area (Å²) < 4.78 is 0. The van der Waals surface area contributed by atoms with Gasteiger partial charge in [0.05, 0.1) is 11.0 Å². The van der Waals surface area contributed by atoms with Crippen LogP contribution in [0.1, 0.15) is 37.8 Å². The third-order valence-electron chi connectivity index (χ3n) is 2.75. The number of benzene rings is 1. The molecule has 1 aromatic carbocycles. The molecule has 0 heterocycles. The third kappa shape index (κ3) is 5.38. The highest BCUT2D eigenvalue weighted by Crippen LogP contribution is 2.19. The standard InChI is InChI=1S/C13H17BrN2O3/c1-10(15-13(17)7-2-3-8-14)11-5-4-6-12(9-11)16(18)19/h4-6,9-10H,2-3,7-8H2,1H3,(H,15,17). The van der Waals surface area contributed by atoms with E-state index in [-0.39, 0.29) is 17.6 Å². The fraction of sp³-hybridized carbons (Fsp3) is 0.462. The Kier molecular flexibility index (Phi) is 6.49. The summed E-state index contributed by atoms with van der Waals surface area (Å²) in [6.45, 7) is 1.82. The quantitative estimate of drug-likeness (QED) is 0.361. The maximum Gasteiger partial charge on any atom is 0.269 e. The maximum absolute atomic E-state index is 11.7. The van der Waals surface area contributed by atoms with Gasteiger partial charge < -0.3 is 5.32 Å². The first-order chi connectivity index (χ1) is 9.04. The van der Waals surface area contributed by atoms with Crippen LogP contribution in [-0.2, 0) is 4.79 Å². The van der Waals surface area contributed by atoms with Crippen molar-refractivity contribution in [1.29, 1.82) is 0 Å². The van der Waals surface area contributed by atoms with Crippen LogP contribution in [0, 0.1) is 10.1 Å². The molecular formula is C13H17BrN2O3. The zero-order chi connectivity index (χ0) is 14.3. The minimum Gasteiger partial charge on any atom is -0.350 e. The van der Waals surface area contributed by atoms with Crippen LogP contribution >= 0.6 is 15.9 Å². The van der Waals surface area contributed by atoms with E-state index in [4.69, 9.17) is 0 Å². The number of amides is 1. The van der Waals surface area contributed by atoms with Crippen LogP contribution in [0.4, 0.5) is 5.69 Å². The predicted molar refractivity (Wildman–Crippen MR) is 77.3 cm³/mol. The van der Waals surface area contributed by atoms with Crippen LogP contribution in [0.15, 0.2) is 24.3 Å². The first-order valence-electron chi connectivity index (χ1n) is 6.14. The predicted octanol–water partition coefficient (Wildman–Crippen LogP) is 3.34. The maximum atomic E-state index is 11.7. The molecule has 1 unspecified atom stereocenters. The summed E-state index contributed by atoms with van der Waals surface area (Å²) in [5.74, 6) is -0.0278. The topological polar surface area (TPSA) is 72.2 Å². The molecule has 104 valence electrons. The number of nitro benzene ring substituents is 1. The van der Waals surface area contributed by atoms with Crippen molar-refractivity contribution >= 4 is 27.5 Å². The van der Waals surface area contributed by atoms with Crippen LogP contribution < -0.4 is 5.32 Å². The van der Waals surface area contributed by atoms with Crippen molar-refractivity contribution in [2.24, 2.45) is 0 Å². The summed E-state index contributed by atoms with van der Waals surface area (Å²) in [7, 11) is 0. The van der Waals surface area contributed by atoms with E-state index in [9.17, 15) is 14.9 Å². The molecule has 0 saturated heterocycles. The molecule has 5 nitrogen and oxygen atoms in total. The van der Waals surface area contributed by atoms with E-state index in [2.05, 4.69) is 21.2 Å². The fourth-order valence-electron chi connectivity index (χ4n) is 1.68. The summed E-state index contributed by atoms with van der Waals surface area (Å²) in [5, 5.41) is 14.4. The molecule has 0 aliphatic carbocycles. The number of unbranched alkanes of at least 4 members (excludes halogenated alkanes) is 1. The van der Waals surface area contributed by atoms with Gasteiger partial charge in [-0.3, -0.25) is 14.9 Å². The van der Waals surface area contributed by atoms with E-state index >= 15 is 0 Å². The lowest BCUT2D eigenvalue weighted by molar-refractivity contribution is -0.384. The van der Waals surface area contributed by atoms with Gasteiger partial charge in [0.1, 0.15) is 0 Å². The normalized spacial score (nSPS) is 11.9. The fourth-order valence-corrected chi connectivity index (χ4v) is 2.08. The van der Waals surface area contributed by atoms with E-state index in [0.717, 1.165) is 23.7 Å². The Morgan fingerprint density at radius 3 is 2.84 bits per heavy atom. The molecular weight excluding hydrogens is 312 g/mol. The molecule has 0 aromatic heterocycles. The monoisotopic (exact) mass is 328 g/mol. The van der Waals surface area contributed by atoms with Gasteiger partial charge in [-0.25, -0.2) is 0 Å². The highest BCUT2D eigenvalue weighted by atomic mass is 79.9. The molecule has 0 fully saturated rings. The lowest BCUT2D eigenvalue weighted by Crippen LogP contribution is -2.26. The molecule has 6 heteroatoms. The summed E-state index contributed by atoms with van der Waals surface area (Å²) in [5.41, 5.74) is 0.779. The third-order valence-corrected chi connectivity index (χ3v) is 3.31. The van der Waals surface area contributed by atoms with E-state index in [1.165, 1.54) is 12.1 Å². The van der Waals surface area contributed by atoms with Crippen LogP contribution in [0.2, 0.25) is 0 Å². The second-order valence-electron chi connectivity index (χ2n) is 4.29. The average molecular weight is 329 g/mol. The van der Waals surface area contributed by atoms with E-state index in [1.54, 1.807) is 12.1 Å². The average Bonchev–Trinajstić information content (AvgIpc) is 2.39. The molecule has 0 spiro atoms. The number of carbonyl (C=O) groups excluding carboxylic acids is 1. The summed E-state index contributed by atoms with van der Waals surface area (Å²) in [4.78, 5) is 21.9. The van der Waals surface area contributed by atoms with Gasteiger partial charge in [0, 0.05) is 23.9 Å². The minimum absolute atomic E-state index is 0.0278. The molecule has 1 amide bonds. The van der Waals surface area contributed by atoms with Crippen molar-refractivity contribution in [3.05, 3.63) is 39.9 Å². The Morgan fingerprint density at radius 2 is 2.21 bits per heavy atom. The number of non-ortho nitro benzene ring substituents is 1. The second-order valence-corrected chi connectivity index (χ2v) is 5.08. The highest BCUT2D eigenvalue weighted by molar-refractivity contribution is 9.09. The molecule has 0 bridgehead atoms. The molecule has 0 aliphatic rings. The largest absolute Gasteiger partial charge is 0.350 e. The first-order valence-corrected chi connectivity index (χ1v) is 7.26. The number of hydrogen-bond acceptors (Lipinski definition) is 3. The van der Waals surface area contributed by atoms with Gasteiger partial charge in [0.2, 0.25) is 5.91 Å². The number of carbonyl (C=O) groups is 1. The van der Waals surface area contributed by atoms with Gasteiger partial charge in [-0.15, -0.1) is 0 Å². The van der Waals surface area contributed by atoms with Crippen LogP contribution in [0.3, 0.4) is 0 Å². The number of nitrogens with zero attached hydrogens (tertiary/aromatic N) is 1. The van der Waals surface area contributed by atoms with Crippen molar-refractivity contribution < 1.29 is 9.72 Å². The van der Waals surface area contributed by atoms with Gasteiger partial charge in [-0.2, -0.15) is 0 Å². The number of halogens is 1. The molecule has 1 aromatic rings. The molecule has 1 N–H and O–H groups in total. The Morgan fingerprint density at radius 1 is 1.47 bits per heavy atom. The molecule has 0 saturated carbocycles. The zero-order valence-electron chi connectivity index (χ0n) is 10.8. The van der Waals surface area contributed by atoms with Crippen LogP contribution in [-0.4, -0.2) is 16.2 Å². The van der Waals surface area contributed by atoms with Gasteiger partial charge >= 0.3 is 0 Å².